The molecule has 0 fully saturated rings. The SMILES string of the molecule is CCCCN(CCCC)CCCNCc1ccc(-c2ccc(OC)c(Cl)c2)o1. The first kappa shape index (κ1) is 22.8. The maximum atomic E-state index is 6.21. The summed E-state index contributed by atoms with van der Waals surface area (Å²) in [7, 11) is 1.62. The summed E-state index contributed by atoms with van der Waals surface area (Å²) in [5, 5.41) is 4.09. The van der Waals surface area contributed by atoms with Gasteiger partial charge in [-0.2, -0.15) is 0 Å². The van der Waals surface area contributed by atoms with Crippen LogP contribution in [0.15, 0.2) is 34.7 Å². The molecule has 0 aliphatic carbocycles. The Kier molecular flexibility index (Phi) is 10.5. The molecule has 0 saturated carbocycles. The van der Waals surface area contributed by atoms with Gasteiger partial charge in [-0.15, -0.1) is 0 Å². The summed E-state index contributed by atoms with van der Waals surface area (Å²) in [4.78, 5) is 2.60. The van der Waals surface area contributed by atoms with Crippen LogP contribution in [0.25, 0.3) is 11.3 Å². The second-order valence-corrected chi connectivity index (χ2v) is 7.60. The van der Waals surface area contributed by atoms with Gasteiger partial charge < -0.3 is 19.4 Å². The first-order chi connectivity index (χ1) is 13.7. The van der Waals surface area contributed by atoms with Crippen LogP contribution in [0.2, 0.25) is 5.02 Å². The van der Waals surface area contributed by atoms with Gasteiger partial charge in [-0.25, -0.2) is 0 Å². The Morgan fingerprint density at radius 2 is 1.71 bits per heavy atom. The maximum Gasteiger partial charge on any atom is 0.137 e. The first-order valence-corrected chi connectivity index (χ1v) is 10.9. The van der Waals surface area contributed by atoms with Crippen LogP contribution in [-0.4, -0.2) is 38.2 Å². The molecule has 5 heteroatoms. The fraction of sp³-hybridized carbons (Fsp3) is 0.565. The van der Waals surface area contributed by atoms with E-state index in [0.29, 0.717) is 10.8 Å². The minimum Gasteiger partial charge on any atom is -0.495 e. The predicted octanol–water partition coefficient (Wildman–Crippen LogP) is 5.99. The lowest BCUT2D eigenvalue weighted by atomic mass is 10.2. The fourth-order valence-electron chi connectivity index (χ4n) is 3.19. The average molecular weight is 407 g/mol. The average Bonchev–Trinajstić information content (AvgIpc) is 3.18. The molecule has 0 aliphatic heterocycles. The fourth-order valence-corrected chi connectivity index (χ4v) is 3.44. The van der Waals surface area contributed by atoms with E-state index in [4.69, 9.17) is 20.8 Å². The van der Waals surface area contributed by atoms with Crippen LogP contribution in [-0.2, 0) is 6.54 Å². The Morgan fingerprint density at radius 1 is 1.00 bits per heavy atom. The molecule has 4 nitrogen and oxygen atoms in total. The van der Waals surface area contributed by atoms with Crippen LogP contribution < -0.4 is 10.1 Å². The number of unbranched alkanes of at least 4 members (excludes halogenated alkanes) is 2. The van der Waals surface area contributed by atoms with E-state index in [-0.39, 0.29) is 0 Å². The maximum absolute atomic E-state index is 6.21. The highest BCUT2D eigenvalue weighted by atomic mass is 35.5. The van der Waals surface area contributed by atoms with Crippen molar-refractivity contribution in [1.82, 2.24) is 10.2 Å². The summed E-state index contributed by atoms with van der Waals surface area (Å²) in [6.07, 6.45) is 6.28. The number of halogens is 1. The van der Waals surface area contributed by atoms with E-state index < -0.39 is 0 Å². The van der Waals surface area contributed by atoms with Gasteiger partial charge in [0, 0.05) is 5.56 Å². The van der Waals surface area contributed by atoms with Gasteiger partial charge in [-0.1, -0.05) is 38.3 Å². The number of nitrogens with one attached hydrogen (secondary N) is 1. The van der Waals surface area contributed by atoms with Crippen molar-refractivity contribution in [3.05, 3.63) is 41.1 Å². The molecule has 1 aromatic heterocycles. The molecule has 0 spiro atoms. The van der Waals surface area contributed by atoms with E-state index in [9.17, 15) is 0 Å². The van der Waals surface area contributed by atoms with Crippen molar-refractivity contribution in [2.45, 2.75) is 52.5 Å². The van der Waals surface area contributed by atoms with Gasteiger partial charge >= 0.3 is 0 Å². The van der Waals surface area contributed by atoms with E-state index in [1.54, 1.807) is 7.11 Å². The van der Waals surface area contributed by atoms with E-state index in [1.165, 1.54) is 45.3 Å². The smallest absolute Gasteiger partial charge is 0.137 e. The topological polar surface area (TPSA) is 37.6 Å². The molecule has 0 atom stereocenters. The van der Waals surface area contributed by atoms with Crippen molar-refractivity contribution in [3.8, 4) is 17.1 Å². The zero-order valence-corrected chi connectivity index (χ0v) is 18.4. The highest BCUT2D eigenvalue weighted by molar-refractivity contribution is 6.32. The van der Waals surface area contributed by atoms with E-state index in [0.717, 1.165) is 36.6 Å². The predicted molar refractivity (Wildman–Crippen MR) is 118 cm³/mol. The van der Waals surface area contributed by atoms with Crippen molar-refractivity contribution < 1.29 is 9.15 Å². The molecule has 28 heavy (non-hydrogen) atoms. The largest absolute Gasteiger partial charge is 0.495 e. The molecule has 1 heterocycles. The summed E-state index contributed by atoms with van der Waals surface area (Å²) in [5.41, 5.74) is 0.958. The van der Waals surface area contributed by atoms with Gasteiger partial charge in [0.15, 0.2) is 0 Å². The highest BCUT2D eigenvalue weighted by Gasteiger charge is 2.08. The molecule has 156 valence electrons. The van der Waals surface area contributed by atoms with Crippen LogP contribution >= 0.6 is 11.6 Å². The minimum atomic E-state index is 0.590. The van der Waals surface area contributed by atoms with Crippen LogP contribution in [0.4, 0.5) is 0 Å². The van der Waals surface area contributed by atoms with Crippen molar-refractivity contribution in [2.24, 2.45) is 0 Å². The molecular weight excluding hydrogens is 372 g/mol. The Morgan fingerprint density at radius 3 is 2.36 bits per heavy atom. The Balaban J connectivity index is 1.74. The number of ether oxygens (including phenoxy) is 1. The Bertz CT molecular complexity index is 679. The van der Waals surface area contributed by atoms with Gasteiger partial charge in [0.25, 0.3) is 0 Å². The number of rotatable bonds is 14. The van der Waals surface area contributed by atoms with E-state index in [1.807, 2.05) is 30.3 Å². The van der Waals surface area contributed by atoms with Crippen LogP contribution in [0.1, 0.15) is 51.7 Å². The molecule has 0 unspecified atom stereocenters. The molecule has 0 radical (unpaired) electrons. The number of furan rings is 1. The van der Waals surface area contributed by atoms with Gasteiger partial charge in [0.1, 0.15) is 17.3 Å². The van der Waals surface area contributed by atoms with Gasteiger partial charge in [-0.3, -0.25) is 0 Å². The highest BCUT2D eigenvalue weighted by Crippen LogP contribution is 2.31. The zero-order valence-electron chi connectivity index (χ0n) is 17.6. The second kappa shape index (κ2) is 12.9. The van der Waals surface area contributed by atoms with Crippen molar-refractivity contribution in [1.29, 1.82) is 0 Å². The van der Waals surface area contributed by atoms with Crippen LogP contribution in [0.3, 0.4) is 0 Å². The third kappa shape index (κ3) is 7.50. The number of benzene rings is 1. The summed E-state index contributed by atoms with van der Waals surface area (Å²) < 4.78 is 11.2. The Labute approximate surface area is 175 Å². The lowest BCUT2D eigenvalue weighted by molar-refractivity contribution is 0.260. The number of hydrogen-bond donors (Lipinski definition) is 1. The molecule has 2 aromatic rings. The van der Waals surface area contributed by atoms with Crippen LogP contribution in [0, 0.1) is 0 Å². The zero-order chi connectivity index (χ0) is 20.2. The molecule has 1 aromatic carbocycles. The number of methoxy groups -OCH3 is 1. The van der Waals surface area contributed by atoms with Gasteiger partial charge in [0.05, 0.1) is 18.7 Å². The Hall–Kier alpha value is -1.49. The normalized spacial score (nSPS) is 11.3. The third-order valence-corrected chi connectivity index (χ3v) is 5.18. The van der Waals surface area contributed by atoms with E-state index >= 15 is 0 Å². The summed E-state index contributed by atoms with van der Waals surface area (Å²) in [6, 6.07) is 9.71. The minimum absolute atomic E-state index is 0.590. The monoisotopic (exact) mass is 406 g/mol. The van der Waals surface area contributed by atoms with E-state index in [2.05, 4.69) is 24.1 Å². The molecule has 0 saturated heterocycles. The first-order valence-electron chi connectivity index (χ1n) is 10.5. The third-order valence-electron chi connectivity index (χ3n) is 4.88. The quantitative estimate of drug-likeness (QED) is 0.391. The molecule has 1 N–H and O–H groups in total. The van der Waals surface area contributed by atoms with Gasteiger partial charge in [-0.05, 0) is 75.8 Å². The lowest BCUT2D eigenvalue weighted by Gasteiger charge is -2.21. The van der Waals surface area contributed by atoms with Crippen molar-refractivity contribution >= 4 is 11.6 Å². The summed E-state index contributed by atoms with van der Waals surface area (Å²) >= 11 is 6.21. The standard InChI is InChI=1S/C23H35ClN2O2/c1-4-6-14-26(15-7-5-2)16-8-13-25-18-20-10-12-22(28-20)19-9-11-23(27-3)21(24)17-19/h9-12,17,25H,4-8,13-16,18H2,1-3H3. The molecular formula is C23H35ClN2O2. The molecule has 0 amide bonds. The summed E-state index contributed by atoms with van der Waals surface area (Å²) in [6.45, 7) is 9.88. The van der Waals surface area contributed by atoms with Gasteiger partial charge in [0.2, 0.25) is 0 Å². The molecule has 0 aliphatic rings. The summed E-state index contributed by atoms with van der Waals surface area (Å²) in [5.74, 6) is 2.44. The van der Waals surface area contributed by atoms with Crippen molar-refractivity contribution in [3.63, 3.8) is 0 Å². The second-order valence-electron chi connectivity index (χ2n) is 7.19. The lowest BCUT2D eigenvalue weighted by Crippen LogP contribution is -2.29. The molecule has 2 rings (SSSR count). The van der Waals surface area contributed by atoms with Crippen molar-refractivity contribution in [2.75, 3.05) is 33.3 Å². The number of hydrogen-bond acceptors (Lipinski definition) is 4. The number of nitrogens with zero attached hydrogens (tertiary/aromatic N) is 1. The molecule has 0 bridgehead atoms. The van der Waals surface area contributed by atoms with Crippen LogP contribution in [0.5, 0.6) is 5.75 Å².